The molecule has 1 aromatic carbocycles. The van der Waals surface area contributed by atoms with E-state index >= 15 is 0 Å². The summed E-state index contributed by atoms with van der Waals surface area (Å²) in [5.74, 6) is 2.42. The topological polar surface area (TPSA) is 84.2 Å². The van der Waals surface area contributed by atoms with Crippen LogP contribution in [0.15, 0.2) is 18.2 Å². The molecule has 9 heteroatoms. The van der Waals surface area contributed by atoms with Gasteiger partial charge in [0.15, 0.2) is 0 Å². The lowest BCUT2D eigenvalue weighted by atomic mass is 10.1. The Balaban J connectivity index is 2.90. The van der Waals surface area contributed by atoms with Gasteiger partial charge in [0.05, 0.1) is 5.56 Å². The molecular formula is C10H9ClF3N3O2. The number of nitrogens with two attached hydrogens (primary N) is 1. The first kappa shape index (κ1) is 15.3. The third-order valence-electron chi connectivity index (χ3n) is 2.15. The summed E-state index contributed by atoms with van der Waals surface area (Å²) >= 11 is 5.49. The number of nitrogens with one attached hydrogen (secondary N) is 2. The van der Waals surface area contributed by atoms with Crippen LogP contribution in [-0.2, 0) is 22.3 Å². The molecule has 0 heterocycles. The van der Waals surface area contributed by atoms with Crippen molar-refractivity contribution in [2.45, 2.75) is 12.7 Å². The number of hydrogen-bond donors (Lipinski definition) is 3. The first-order valence-electron chi connectivity index (χ1n) is 4.90. The lowest BCUT2D eigenvalue weighted by Crippen LogP contribution is -2.43. The highest BCUT2D eigenvalue weighted by atomic mass is 35.5. The molecule has 19 heavy (non-hydrogen) atoms. The highest BCUT2D eigenvalue weighted by molar-refractivity contribution is 6.34. The molecule has 0 bridgehead atoms. The summed E-state index contributed by atoms with van der Waals surface area (Å²) < 4.78 is 38.1. The number of carbonyl (C=O) groups excluding carboxylic acids is 2. The zero-order valence-electron chi connectivity index (χ0n) is 9.34. The maximum atomic E-state index is 12.7. The summed E-state index contributed by atoms with van der Waals surface area (Å²) in [7, 11) is 0. The van der Waals surface area contributed by atoms with E-state index in [0.717, 1.165) is 12.1 Å². The molecule has 2 amide bonds. The fourth-order valence-electron chi connectivity index (χ4n) is 1.29. The number of rotatable bonds is 2. The minimum absolute atomic E-state index is 0.0814. The lowest BCUT2D eigenvalue weighted by Gasteiger charge is -2.13. The van der Waals surface area contributed by atoms with E-state index in [1.54, 1.807) is 5.43 Å². The van der Waals surface area contributed by atoms with Crippen LogP contribution in [0.3, 0.4) is 0 Å². The maximum absolute atomic E-state index is 12.7. The molecule has 0 atom stereocenters. The predicted molar refractivity (Wildman–Crippen MR) is 60.6 cm³/mol. The number of carbonyl (C=O) groups is 2. The predicted octanol–water partition coefficient (Wildman–Crippen LogP) is 0.965. The Hall–Kier alpha value is -1.80. The Kier molecular flexibility index (Phi) is 4.73. The number of hydrogen-bond acceptors (Lipinski definition) is 3. The minimum Gasteiger partial charge on any atom is -0.344 e. The molecule has 1 rings (SSSR count). The van der Waals surface area contributed by atoms with Crippen molar-refractivity contribution in [3.8, 4) is 0 Å². The molecular weight excluding hydrogens is 287 g/mol. The van der Waals surface area contributed by atoms with Gasteiger partial charge in [0.2, 0.25) is 0 Å². The molecule has 0 unspecified atom stereocenters. The second kappa shape index (κ2) is 5.89. The quantitative estimate of drug-likeness (QED) is 0.329. The number of hydrazine groups is 1. The summed E-state index contributed by atoms with van der Waals surface area (Å²) in [5.41, 5.74) is 0.369. The van der Waals surface area contributed by atoms with Crippen LogP contribution < -0.4 is 16.6 Å². The van der Waals surface area contributed by atoms with Crippen LogP contribution in [0.4, 0.5) is 13.2 Å². The summed E-state index contributed by atoms with van der Waals surface area (Å²) in [5, 5.41) is 1.93. The SMILES string of the molecule is NNC(=O)C(=O)NCc1ccc(Cl)cc1C(F)(F)F. The fourth-order valence-corrected chi connectivity index (χ4v) is 1.46. The van der Waals surface area contributed by atoms with Crippen LogP contribution in [0.5, 0.6) is 0 Å². The van der Waals surface area contributed by atoms with E-state index in [-0.39, 0.29) is 10.6 Å². The summed E-state index contributed by atoms with van der Waals surface area (Å²) in [6.45, 7) is -0.474. The van der Waals surface area contributed by atoms with Gasteiger partial charge in [-0.2, -0.15) is 13.2 Å². The molecule has 0 saturated carbocycles. The van der Waals surface area contributed by atoms with E-state index in [0.29, 0.717) is 0 Å². The van der Waals surface area contributed by atoms with Crippen molar-refractivity contribution in [1.29, 1.82) is 0 Å². The fraction of sp³-hybridized carbons (Fsp3) is 0.200. The lowest BCUT2D eigenvalue weighted by molar-refractivity contribution is -0.140. The summed E-state index contributed by atoms with van der Waals surface area (Å²) in [4.78, 5) is 21.8. The van der Waals surface area contributed by atoms with Crippen LogP contribution in [0, 0.1) is 0 Å². The standard InChI is InChI=1S/C10H9ClF3N3O2/c11-6-2-1-5(7(3-6)10(12,13)14)4-16-8(18)9(19)17-15/h1-3H,4,15H2,(H,16,18)(H,17,19). The molecule has 0 aliphatic carbocycles. The van der Waals surface area contributed by atoms with Crippen LogP contribution in [-0.4, -0.2) is 11.8 Å². The van der Waals surface area contributed by atoms with Gasteiger partial charge in [0.25, 0.3) is 0 Å². The van der Waals surface area contributed by atoms with Crippen LogP contribution in [0.2, 0.25) is 5.02 Å². The largest absolute Gasteiger partial charge is 0.416 e. The second-order valence-corrected chi connectivity index (χ2v) is 3.89. The van der Waals surface area contributed by atoms with Crippen LogP contribution in [0.25, 0.3) is 0 Å². The molecule has 0 aliphatic heterocycles. The van der Waals surface area contributed by atoms with Gasteiger partial charge in [0, 0.05) is 11.6 Å². The molecule has 0 radical (unpaired) electrons. The summed E-state index contributed by atoms with van der Waals surface area (Å²) in [6.07, 6.45) is -4.61. The number of alkyl halides is 3. The van der Waals surface area contributed by atoms with Gasteiger partial charge in [-0.1, -0.05) is 17.7 Å². The Morgan fingerprint density at radius 1 is 1.26 bits per heavy atom. The first-order chi connectivity index (χ1) is 8.75. The zero-order chi connectivity index (χ0) is 14.6. The Morgan fingerprint density at radius 3 is 2.42 bits per heavy atom. The van der Waals surface area contributed by atoms with Gasteiger partial charge in [-0.15, -0.1) is 0 Å². The third-order valence-corrected chi connectivity index (χ3v) is 2.39. The Labute approximate surface area is 110 Å². The maximum Gasteiger partial charge on any atom is 0.416 e. The molecule has 0 spiro atoms. The molecule has 0 aromatic heterocycles. The van der Waals surface area contributed by atoms with Crippen LogP contribution in [0.1, 0.15) is 11.1 Å². The third kappa shape index (κ3) is 4.11. The highest BCUT2D eigenvalue weighted by Gasteiger charge is 2.33. The molecule has 1 aromatic rings. The molecule has 104 valence electrons. The molecule has 5 nitrogen and oxygen atoms in total. The molecule has 4 N–H and O–H groups in total. The van der Waals surface area contributed by atoms with Crippen molar-refractivity contribution in [2.24, 2.45) is 5.84 Å². The number of amides is 2. The normalized spacial score (nSPS) is 11.0. The second-order valence-electron chi connectivity index (χ2n) is 3.46. The van der Waals surface area contributed by atoms with Gasteiger partial charge < -0.3 is 5.32 Å². The van der Waals surface area contributed by atoms with Crippen molar-refractivity contribution in [2.75, 3.05) is 0 Å². The van der Waals surface area contributed by atoms with Crippen molar-refractivity contribution in [1.82, 2.24) is 10.7 Å². The van der Waals surface area contributed by atoms with E-state index in [9.17, 15) is 22.8 Å². The van der Waals surface area contributed by atoms with Gasteiger partial charge in [-0.05, 0) is 17.7 Å². The minimum atomic E-state index is -4.61. The Bertz CT molecular complexity index is 505. The molecule has 0 saturated heterocycles. The average molecular weight is 296 g/mol. The van der Waals surface area contributed by atoms with E-state index in [1.165, 1.54) is 6.07 Å². The van der Waals surface area contributed by atoms with Gasteiger partial charge in [-0.25, -0.2) is 5.84 Å². The number of halogens is 4. The van der Waals surface area contributed by atoms with Gasteiger partial charge in [-0.3, -0.25) is 15.0 Å². The van der Waals surface area contributed by atoms with E-state index in [2.05, 4.69) is 0 Å². The monoisotopic (exact) mass is 295 g/mol. The van der Waals surface area contributed by atoms with Crippen molar-refractivity contribution in [3.05, 3.63) is 34.3 Å². The zero-order valence-corrected chi connectivity index (χ0v) is 10.1. The van der Waals surface area contributed by atoms with E-state index in [4.69, 9.17) is 17.4 Å². The highest BCUT2D eigenvalue weighted by Crippen LogP contribution is 2.33. The Morgan fingerprint density at radius 2 is 1.89 bits per heavy atom. The van der Waals surface area contributed by atoms with Crippen molar-refractivity contribution >= 4 is 23.4 Å². The van der Waals surface area contributed by atoms with Crippen molar-refractivity contribution in [3.63, 3.8) is 0 Å². The average Bonchev–Trinajstić information content (AvgIpc) is 2.34. The van der Waals surface area contributed by atoms with E-state index < -0.39 is 30.1 Å². The van der Waals surface area contributed by atoms with Gasteiger partial charge in [0.1, 0.15) is 0 Å². The van der Waals surface area contributed by atoms with E-state index in [1.807, 2.05) is 5.32 Å². The molecule has 0 fully saturated rings. The first-order valence-corrected chi connectivity index (χ1v) is 5.28. The van der Waals surface area contributed by atoms with Crippen LogP contribution >= 0.6 is 11.6 Å². The summed E-state index contributed by atoms with van der Waals surface area (Å²) in [6, 6.07) is 3.11. The molecule has 0 aliphatic rings. The van der Waals surface area contributed by atoms with Gasteiger partial charge >= 0.3 is 18.0 Å². The van der Waals surface area contributed by atoms with Crippen molar-refractivity contribution < 1.29 is 22.8 Å². The smallest absolute Gasteiger partial charge is 0.344 e. The number of benzene rings is 1.